The summed E-state index contributed by atoms with van der Waals surface area (Å²) < 4.78 is 11.3. The molecule has 0 heterocycles. The molecule has 0 spiro atoms. The van der Waals surface area contributed by atoms with Crippen molar-refractivity contribution >= 4 is 39.5 Å². The number of non-ortho nitro benzene ring substituents is 1. The van der Waals surface area contributed by atoms with E-state index in [1.165, 1.54) is 24.3 Å². The molecule has 0 aliphatic rings. The number of nitrogens with zero attached hydrogens (tertiary/aromatic N) is 2. The van der Waals surface area contributed by atoms with Crippen LogP contribution in [-0.2, 0) is 4.79 Å². The number of benzene rings is 2. The van der Waals surface area contributed by atoms with Crippen LogP contribution in [0.5, 0.6) is 11.5 Å². The lowest BCUT2D eigenvalue weighted by molar-refractivity contribution is -0.384. The Morgan fingerprint density at radius 1 is 1.31 bits per heavy atom. The Bertz CT molecular complexity index is 836. The van der Waals surface area contributed by atoms with Crippen LogP contribution >= 0.6 is 15.9 Å². The van der Waals surface area contributed by atoms with Gasteiger partial charge in [0, 0.05) is 18.3 Å². The van der Waals surface area contributed by atoms with Crippen molar-refractivity contribution in [3.8, 4) is 11.5 Å². The van der Waals surface area contributed by atoms with Crippen molar-refractivity contribution in [3.05, 3.63) is 56.5 Å². The molecule has 0 bridgehead atoms. The molecule has 2 aromatic carbocycles. The minimum atomic E-state index is -1.09. The molecule has 136 valence electrons. The molecular weight excluding hydrogens is 408 g/mol. The van der Waals surface area contributed by atoms with Gasteiger partial charge in [-0.1, -0.05) is 0 Å². The molecule has 26 heavy (non-hydrogen) atoms. The monoisotopic (exact) mass is 422 g/mol. The second-order valence-electron chi connectivity index (χ2n) is 4.98. The van der Waals surface area contributed by atoms with E-state index >= 15 is 0 Å². The third kappa shape index (κ3) is 5.28. The number of ether oxygens (including phenoxy) is 2. The quantitative estimate of drug-likeness (QED) is 0.391. The maximum Gasteiger partial charge on any atom is 0.341 e. The number of nitro benzene ring substituents is 1. The smallest absolute Gasteiger partial charge is 0.341 e. The molecule has 0 aromatic heterocycles. The zero-order valence-corrected chi connectivity index (χ0v) is 15.3. The number of carboxylic acids is 1. The van der Waals surface area contributed by atoms with Gasteiger partial charge in [-0.05, 0) is 52.7 Å². The number of carbonyl (C=O) groups is 1. The van der Waals surface area contributed by atoms with Crippen LogP contribution < -0.4 is 9.47 Å². The van der Waals surface area contributed by atoms with Gasteiger partial charge >= 0.3 is 5.97 Å². The van der Waals surface area contributed by atoms with E-state index in [1.54, 1.807) is 25.3 Å². The molecule has 0 radical (unpaired) electrons. The standard InChI is InChI=1S/C17H15BrN2O6/c1-2-25-15-8-11(7-14(18)17(15)26-10-16(21)22)9-19-12-3-5-13(6-4-12)20(23)24/h3-9H,2,10H2,1H3,(H,21,22). The largest absolute Gasteiger partial charge is 0.490 e. The summed E-state index contributed by atoms with van der Waals surface area (Å²) in [4.78, 5) is 25.1. The topological polar surface area (TPSA) is 111 Å². The number of hydrogen-bond acceptors (Lipinski definition) is 6. The van der Waals surface area contributed by atoms with Crippen molar-refractivity contribution in [2.24, 2.45) is 4.99 Å². The van der Waals surface area contributed by atoms with Gasteiger partial charge in [0.15, 0.2) is 18.1 Å². The molecule has 9 heteroatoms. The van der Waals surface area contributed by atoms with E-state index in [-0.39, 0.29) is 5.69 Å². The lowest BCUT2D eigenvalue weighted by atomic mass is 10.2. The molecule has 0 unspecified atom stereocenters. The maximum absolute atomic E-state index is 10.7. The van der Waals surface area contributed by atoms with Gasteiger partial charge < -0.3 is 14.6 Å². The zero-order chi connectivity index (χ0) is 19.1. The van der Waals surface area contributed by atoms with Crippen molar-refractivity contribution in [2.45, 2.75) is 6.92 Å². The third-order valence-electron chi connectivity index (χ3n) is 3.09. The highest BCUT2D eigenvalue weighted by molar-refractivity contribution is 9.10. The number of halogens is 1. The summed E-state index contributed by atoms with van der Waals surface area (Å²) in [5.74, 6) is -0.418. The fraction of sp³-hybridized carbons (Fsp3) is 0.176. The Balaban J connectivity index is 2.25. The molecule has 0 fully saturated rings. The Labute approximate surface area is 157 Å². The number of carboxylic acid groups (broad SMARTS) is 1. The fourth-order valence-corrected chi connectivity index (χ4v) is 2.58. The summed E-state index contributed by atoms with van der Waals surface area (Å²) in [6, 6.07) is 9.19. The van der Waals surface area contributed by atoms with Crippen molar-refractivity contribution < 1.29 is 24.3 Å². The van der Waals surface area contributed by atoms with Gasteiger partial charge in [0.1, 0.15) is 0 Å². The van der Waals surface area contributed by atoms with Gasteiger partial charge in [-0.15, -0.1) is 0 Å². The maximum atomic E-state index is 10.7. The van der Waals surface area contributed by atoms with Crippen LogP contribution in [0.15, 0.2) is 45.9 Å². The molecule has 0 atom stereocenters. The van der Waals surface area contributed by atoms with E-state index < -0.39 is 17.5 Å². The van der Waals surface area contributed by atoms with Crippen LogP contribution in [0.3, 0.4) is 0 Å². The van der Waals surface area contributed by atoms with Gasteiger partial charge in [0.2, 0.25) is 0 Å². The summed E-state index contributed by atoms with van der Waals surface area (Å²) in [6.45, 7) is 1.68. The van der Waals surface area contributed by atoms with E-state index in [2.05, 4.69) is 20.9 Å². The summed E-state index contributed by atoms with van der Waals surface area (Å²) in [6.07, 6.45) is 1.56. The SMILES string of the molecule is CCOc1cc(C=Nc2ccc([N+](=O)[O-])cc2)cc(Br)c1OCC(=O)O. The van der Waals surface area contributed by atoms with Crippen LogP contribution in [-0.4, -0.2) is 35.4 Å². The third-order valence-corrected chi connectivity index (χ3v) is 3.68. The average Bonchev–Trinajstić information content (AvgIpc) is 2.59. The Morgan fingerprint density at radius 3 is 2.58 bits per heavy atom. The van der Waals surface area contributed by atoms with Crippen molar-refractivity contribution in [3.63, 3.8) is 0 Å². The first-order valence-electron chi connectivity index (χ1n) is 7.50. The number of rotatable bonds is 8. The van der Waals surface area contributed by atoms with E-state index in [0.29, 0.717) is 33.8 Å². The van der Waals surface area contributed by atoms with Gasteiger partial charge in [0.05, 0.1) is 21.7 Å². The Hall–Kier alpha value is -2.94. The Kier molecular flexibility index (Phi) is 6.67. The van der Waals surface area contributed by atoms with Crippen LogP contribution in [0.1, 0.15) is 12.5 Å². The van der Waals surface area contributed by atoms with Crippen molar-refractivity contribution in [2.75, 3.05) is 13.2 Å². The molecule has 8 nitrogen and oxygen atoms in total. The predicted octanol–water partition coefficient (Wildman–Crippen LogP) is 3.97. The van der Waals surface area contributed by atoms with Crippen LogP contribution in [0.4, 0.5) is 11.4 Å². The molecule has 2 rings (SSSR count). The normalized spacial score (nSPS) is 10.7. The lowest BCUT2D eigenvalue weighted by Gasteiger charge is -2.13. The Morgan fingerprint density at radius 2 is 2.00 bits per heavy atom. The van der Waals surface area contributed by atoms with Gasteiger partial charge in [-0.3, -0.25) is 15.1 Å². The van der Waals surface area contributed by atoms with E-state index in [4.69, 9.17) is 14.6 Å². The second-order valence-corrected chi connectivity index (χ2v) is 5.83. The summed E-state index contributed by atoms with van der Waals surface area (Å²) in [5, 5.41) is 19.4. The number of nitro groups is 1. The molecule has 0 saturated heterocycles. The van der Waals surface area contributed by atoms with E-state index in [1.807, 2.05) is 0 Å². The number of aliphatic imine (C=N–C) groups is 1. The minimum Gasteiger partial charge on any atom is -0.490 e. The first-order valence-corrected chi connectivity index (χ1v) is 8.29. The lowest BCUT2D eigenvalue weighted by Crippen LogP contribution is -2.11. The molecule has 0 aliphatic carbocycles. The van der Waals surface area contributed by atoms with Gasteiger partial charge in [-0.2, -0.15) is 0 Å². The summed E-state index contributed by atoms with van der Waals surface area (Å²) in [5.41, 5.74) is 1.22. The van der Waals surface area contributed by atoms with E-state index in [0.717, 1.165) is 0 Å². The average molecular weight is 423 g/mol. The fourth-order valence-electron chi connectivity index (χ4n) is 2.01. The molecule has 0 amide bonds. The number of aliphatic carboxylic acids is 1. The molecule has 2 aromatic rings. The first-order chi connectivity index (χ1) is 12.4. The number of hydrogen-bond donors (Lipinski definition) is 1. The van der Waals surface area contributed by atoms with Crippen LogP contribution in [0, 0.1) is 10.1 Å². The first kappa shape index (κ1) is 19.4. The second kappa shape index (κ2) is 8.95. The predicted molar refractivity (Wildman–Crippen MR) is 98.8 cm³/mol. The highest BCUT2D eigenvalue weighted by atomic mass is 79.9. The zero-order valence-electron chi connectivity index (χ0n) is 13.7. The molecular formula is C17H15BrN2O6. The molecule has 0 aliphatic heterocycles. The molecule has 1 N–H and O–H groups in total. The van der Waals surface area contributed by atoms with E-state index in [9.17, 15) is 14.9 Å². The highest BCUT2D eigenvalue weighted by Crippen LogP contribution is 2.36. The summed E-state index contributed by atoms with van der Waals surface area (Å²) >= 11 is 3.34. The minimum absolute atomic E-state index is 0.00902. The summed E-state index contributed by atoms with van der Waals surface area (Å²) in [7, 11) is 0. The highest BCUT2D eigenvalue weighted by Gasteiger charge is 2.13. The van der Waals surface area contributed by atoms with Crippen LogP contribution in [0.25, 0.3) is 0 Å². The van der Waals surface area contributed by atoms with Gasteiger partial charge in [0.25, 0.3) is 5.69 Å². The van der Waals surface area contributed by atoms with Crippen molar-refractivity contribution in [1.82, 2.24) is 0 Å². The molecule has 0 saturated carbocycles. The van der Waals surface area contributed by atoms with Gasteiger partial charge in [-0.25, -0.2) is 4.79 Å². The van der Waals surface area contributed by atoms with Crippen molar-refractivity contribution in [1.29, 1.82) is 0 Å². The van der Waals surface area contributed by atoms with Crippen LogP contribution in [0.2, 0.25) is 0 Å².